The Hall–Kier alpha value is -3.24. The van der Waals surface area contributed by atoms with Crippen molar-refractivity contribution >= 4 is 66.2 Å². The molecule has 0 aliphatic rings. The maximum Gasteiger partial charge on any atom is 0.350 e. The lowest BCUT2D eigenvalue weighted by molar-refractivity contribution is 0.0606. The molecule has 0 spiro atoms. The number of benzene rings is 2. The van der Waals surface area contributed by atoms with Crippen LogP contribution in [0.2, 0.25) is 0 Å². The van der Waals surface area contributed by atoms with Crippen LogP contribution in [0.1, 0.15) is 19.3 Å². The molecule has 0 atom stereocenters. The number of hydrogen-bond acceptors (Lipinski definition) is 7. The molecule has 2 aromatic carbocycles. The van der Waals surface area contributed by atoms with Crippen LogP contribution in [-0.2, 0) is 4.74 Å². The van der Waals surface area contributed by atoms with Crippen molar-refractivity contribution in [1.29, 1.82) is 0 Å². The first kappa shape index (κ1) is 20.5. The second-order valence-corrected chi connectivity index (χ2v) is 7.87. The Kier molecular flexibility index (Phi) is 5.66. The quantitative estimate of drug-likeness (QED) is 0.391. The Morgan fingerprint density at radius 3 is 1.79 bits per heavy atom. The van der Waals surface area contributed by atoms with Crippen molar-refractivity contribution in [2.24, 2.45) is 0 Å². The molecule has 0 aliphatic carbocycles. The summed E-state index contributed by atoms with van der Waals surface area (Å²) in [5.41, 5.74) is 11.9. The number of nitrogens with two attached hydrogens (primary N) is 2. The third-order valence-electron chi connectivity index (χ3n) is 3.95. The van der Waals surface area contributed by atoms with Crippen LogP contribution in [-0.4, -0.2) is 24.2 Å². The lowest BCUT2D eigenvalue weighted by atomic mass is 10.2. The second kappa shape index (κ2) is 8.02. The van der Waals surface area contributed by atoms with E-state index in [1.165, 1.54) is 37.4 Å². The Morgan fingerprint density at radius 1 is 0.897 bits per heavy atom. The van der Waals surface area contributed by atoms with E-state index in [2.05, 4.69) is 4.74 Å². The Labute approximate surface area is 170 Å². The van der Waals surface area contributed by atoms with Gasteiger partial charge in [0.05, 0.1) is 18.5 Å². The number of nitrogen functional groups attached to an aromatic ring is 2. The van der Waals surface area contributed by atoms with E-state index in [-0.39, 0.29) is 16.4 Å². The van der Waals surface area contributed by atoms with Crippen molar-refractivity contribution in [2.75, 3.05) is 18.6 Å². The molecule has 2 aromatic heterocycles. The van der Waals surface area contributed by atoms with Crippen molar-refractivity contribution in [3.05, 3.63) is 57.8 Å². The van der Waals surface area contributed by atoms with Gasteiger partial charge in [0.15, 0.2) is 0 Å². The Balaban J connectivity index is 0.000000166. The van der Waals surface area contributed by atoms with Crippen LogP contribution < -0.4 is 11.5 Å². The summed E-state index contributed by atoms with van der Waals surface area (Å²) in [6, 6.07) is 8.25. The van der Waals surface area contributed by atoms with Gasteiger partial charge in [-0.1, -0.05) is 0 Å². The molecule has 0 fully saturated rings. The molecule has 4 aromatic rings. The SMILES string of the molecule is COC(=O)c1sc2cc(F)ccc2c1N.Nc1c(C(=O)O)sc2cc(F)ccc12. The number of halogens is 2. The van der Waals surface area contributed by atoms with E-state index in [0.717, 1.165) is 22.7 Å². The first-order valence-electron chi connectivity index (χ1n) is 7.99. The standard InChI is InChI=1S/C10H8FNO2S.C9H6FNO2S/c1-14-10(13)9-8(12)6-3-2-5(11)4-7(6)15-9;10-4-1-2-5-6(3-4)14-8(7(5)11)9(12)13/h2-4H,12H2,1H3;1-3H,11H2,(H,12,13). The van der Waals surface area contributed by atoms with E-state index >= 15 is 0 Å². The predicted octanol–water partition coefficient (Wildman–Crippen LogP) is 4.73. The molecule has 2 heterocycles. The zero-order valence-electron chi connectivity index (χ0n) is 14.9. The van der Waals surface area contributed by atoms with Gasteiger partial charge in [0.25, 0.3) is 0 Å². The minimum Gasteiger partial charge on any atom is -0.477 e. The van der Waals surface area contributed by atoms with Crippen molar-refractivity contribution in [1.82, 2.24) is 0 Å². The third-order valence-corrected chi connectivity index (χ3v) is 6.25. The fourth-order valence-corrected chi connectivity index (χ4v) is 4.64. The second-order valence-electron chi connectivity index (χ2n) is 5.77. The summed E-state index contributed by atoms with van der Waals surface area (Å²) in [6.45, 7) is 0. The van der Waals surface area contributed by atoms with Gasteiger partial charge in [-0.25, -0.2) is 18.4 Å². The Bertz CT molecular complexity index is 1250. The number of methoxy groups -OCH3 is 1. The molecule has 6 nitrogen and oxygen atoms in total. The number of rotatable bonds is 2. The lowest BCUT2D eigenvalue weighted by Crippen LogP contribution is -2.01. The largest absolute Gasteiger partial charge is 0.477 e. The first-order chi connectivity index (χ1) is 13.7. The van der Waals surface area contributed by atoms with Crippen molar-refractivity contribution < 1.29 is 28.2 Å². The van der Waals surface area contributed by atoms with Crippen LogP contribution in [0, 0.1) is 11.6 Å². The molecule has 10 heteroatoms. The number of carboxylic acid groups (broad SMARTS) is 1. The topological polar surface area (TPSA) is 116 Å². The van der Waals surface area contributed by atoms with E-state index in [4.69, 9.17) is 16.6 Å². The number of ether oxygens (including phenoxy) is 1. The van der Waals surface area contributed by atoms with Gasteiger partial charge in [-0.2, -0.15) is 0 Å². The number of aromatic carboxylic acids is 1. The molecule has 0 unspecified atom stereocenters. The van der Waals surface area contributed by atoms with Gasteiger partial charge >= 0.3 is 11.9 Å². The number of hydrogen-bond donors (Lipinski definition) is 3. The highest BCUT2D eigenvalue weighted by atomic mass is 32.1. The lowest BCUT2D eigenvalue weighted by Gasteiger charge is -1.95. The molecule has 4 rings (SSSR count). The summed E-state index contributed by atoms with van der Waals surface area (Å²) in [5.74, 6) is -2.31. The number of thiophene rings is 2. The number of anilines is 2. The maximum absolute atomic E-state index is 12.9. The van der Waals surface area contributed by atoms with Gasteiger partial charge in [-0.05, 0) is 36.4 Å². The molecule has 0 radical (unpaired) electrons. The molecule has 0 saturated heterocycles. The van der Waals surface area contributed by atoms with E-state index in [0.29, 0.717) is 30.7 Å². The minimum atomic E-state index is -1.08. The number of carbonyl (C=O) groups is 2. The summed E-state index contributed by atoms with van der Waals surface area (Å²) in [5, 5.41) is 10.0. The molecule has 0 bridgehead atoms. The average molecular weight is 436 g/mol. The highest BCUT2D eigenvalue weighted by Gasteiger charge is 2.17. The van der Waals surface area contributed by atoms with Gasteiger partial charge in [0.1, 0.15) is 21.4 Å². The smallest absolute Gasteiger partial charge is 0.350 e. The fraction of sp³-hybridized carbons (Fsp3) is 0.0526. The highest BCUT2D eigenvalue weighted by molar-refractivity contribution is 7.21. The fourth-order valence-electron chi connectivity index (χ4n) is 2.58. The average Bonchev–Trinajstić information content (AvgIpc) is 3.18. The number of fused-ring (bicyclic) bond motifs is 2. The summed E-state index contributed by atoms with van der Waals surface area (Å²) in [6.07, 6.45) is 0. The van der Waals surface area contributed by atoms with Crippen LogP contribution in [0.15, 0.2) is 36.4 Å². The summed E-state index contributed by atoms with van der Waals surface area (Å²) in [4.78, 5) is 22.4. The molecule has 5 N–H and O–H groups in total. The van der Waals surface area contributed by atoms with Crippen LogP contribution in [0.4, 0.5) is 20.2 Å². The zero-order chi connectivity index (χ0) is 21.3. The molecular formula is C19H14F2N2O4S2. The summed E-state index contributed by atoms with van der Waals surface area (Å²) < 4.78 is 31.5. The van der Waals surface area contributed by atoms with Crippen molar-refractivity contribution in [3.8, 4) is 0 Å². The normalized spacial score (nSPS) is 10.6. The molecule has 150 valence electrons. The molecular weight excluding hydrogens is 422 g/mol. The van der Waals surface area contributed by atoms with E-state index in [9.17, 15) is 18.4 Å². The van der Waals surface area contributed by atoms with Gasteiger partial charge in [0, 0.05) is 20.2 Å². The van der Waals surface area contributed by atoms with Gasteiger partial charge in [-0.15, -0.1) is 22.7 Å². The Morgan fingerprint density at radius 2 is 1.34 bits per heavy atom. The summed E-state index contributed by atoms with van der Waals surface area (Å²) in [7, 11) is 1.28. The minimum absolute atomic E-state index is 0.0607. The third kappa shape index (κ3) is 3.98. The van der Waals surface area contributed by atoms with Crippen LogP contribution in [0.25, 0.3) is 20.2 Å². The van der Waals surface area contributed by atoms with E-state index in [1.807, 2.05) is 0 Å². The van der Waals surface area contributed by atoms with E-state index in [1.54, 1.807) is 6.07 Å². The van der Waals surface area contributed by atoms with Gasteiger partial charge in [0.2, 0.25) is 0 Å². The number of carboxylic acids is 1. The number of esters is 1. The first-order valence-corrected chi connectivity index (χ1v) is 9.63. The van der Waals surface area contributed by atoms with Crippen molar-refractivity contribution in [2.45, 2.75) is 0 Å². The van der Waals surface area contributed by atoms with Gasteiger partial charge < -0.3 is 21.3 Å². The molecule has 0 aliphatic heterocycles. The van der Waals surface area contributed by atoms with Crippen molar-refractivity contribution in [3.63, 3.8) is 0 Å². The van der Waals surface area contributed by atoms with Gasteiger partial charge in [-0.3, -0.25) is 0 Å². The molecule has 0 amide bonds. The maximum atomic E-state index is 12.9. The number of carbonyl (C=O) groups excluding carboxylic acids is 1. The monoisotopic (exact) mass is 436 g/mol. The van der Waals surface area contributed by atoms with Crippen LogP contribution in [0.5, 0.6) is 0 Å². The van der Waals surface area contributed by atoms with Crippen LogP contribution >= 0.6 is 22.7 Å². The van der Waals surface area contributed by atoms with E-state index < -0.39 is 17.8 Å². The summed E-state index contributed by atoms with van der Waals surface area (Å²) >= 11 is 2.11. The van der Waals surface area contributed by atoms with Crippen LogP contribution in [0.3, 0.4) is 0 Å². The zero-order valence-corrected chi connectivity index (χ0v) is 16.5. The molecule has 0 saturated carbocycles. The predicted molar refractivity (Wildman–Crippen MR) is 111 cm³/mol. The highest BCUT2D eigenvalue weighted by Crippen LogP contribution is 2.35. The molecule has 29 heavy (non-hydrogen) atoms.